The van der Waals surface area contributed by atoms with Crippen LogP contribution >= 0.6 is 0 Å². The van der Waals surface area contributed by atoms with Gasteiger partial charge in [-0.25, -0.2) is 39.5 Å². The third-order valence-corrected chi connectivity index (χ3v) is 3.77. The molecule has 12 heteroatoms. The average Bonchev–Trinajstić information content (AvgIpc) is 2.58. The summed E-state index contributed by atoms with van der Waals surface area (Å²) < 4.78 is 124. The molecule has 0 aliphatic carbocycles. The summed E-state index contributed by atoms with van der Waals surface area (Å²) >= 11 is 0. The molecule has 0 saturated heterocycles. The second-order valence-electron chi connectivity index (χ2n) is 5.11. The van der Waals surface area contributed by atoms with E-state index in [1.165, 1.54) is 0 Å². The van der Waals surface area contributed by atoms with Crippen LogP contribution in [0.1, 0.15) is 0 Å². The minimum absolute atomic E-state index is 1.72. The van der Waals surface area contributed by atoms with E-state index >= 15 is 0 Å². The Labute approximate surface area is 137 Å². The number of benzene rings is 3. The van der Waals surface area contributed by atoms with Crippen molar-refractivity contribution in [2.45, 2.75) is 0 Å². The van der Waals surface area contributed by atoms with Gasteiger partial charge in [-0.2, -0.15) is 0 Å². The number of fused-ring (bicyclic) bond motifs is 3. The van der Waals surface area contributed by atoms with Gasteiger partial charge in [0.1, 0.15) is 0 Å². The van der Waals surface area contributed by atoms with Crippen LogP contribution in [0.4, 0.5) is 39.5 Å². The first kappa shape index (κ1) is 18.3. The maximum absolute atomic E-state index is 14.2. The predicted octanol–water partition coefficient (Wildman–Crippen LogP) is 2.92. The van der Waals surface area contributed by atoms with Crippen molar-refractivity contribution in [2.24, 2.45) is 0 Å². The first-order chi connectivity index (χ1) is 12.0. The van der Waals surface area contributed by atoms with Gasteiger partial charge in [0.25, 0.3) is 0 Å². The molecule has 2 N–H and O–H groups in total. The maximum Gasteiger partial charge on any atom is 0.492 e. The Morgan fingerprint density at radius 2 is 0.692 bits per heavy atom. The van der Waals surface area contributed by atoms with Crippen LogP contribution in [0, 0.1) is 52.4 Å². The summed E-state index contributed by atoms with van der Waals surface area (Å²) in [6, 6.07) is 0. The molecule has 3 rings (SSSR count). The van der Waals surface area contributed by atoms with Gasteiger partial charge >= 0.3 is 7.12 Å². The van der Waals surface area contributed by atoms with Crippen molar-refractivity contribution in [3.63, 3.8) is 0 Å². The van der Waals surface area contributed by atoms with Crippen LogP contribution in [-0.4, -0.2) is 17.2 Å². The summed E-state index contributed by atoms with van der Waals surface area (Å²) in [5, 5.41) is 11.0. The van der Waals surface area contributed by atoms with Gasteiger partial charge in [0.2, 0.25) is 0 Å². The molecular weight excluding hydrogens is 382 g/mol. The van der Waals surface area contributed by atoms with Crippen molar-refractivity contribution in [2.75, 3.05) is 0 Å². The van der Waals surface area contributed by atoms with Gasteiger partial charge in [-0.15, -0.1) is 0 Å². The average molecular weight is 384 g/mol. The van der Waals surface area contributed by atoms with Gasteiger partial charge in [0.05, 0.1) is 5.39 Å². The van der Waals surface area contributed by atoms with Crippen LogP contribution in [0.3, 0.4) is 0 Å². The van der Waals surface area contributed by atoms with E-state index in [0.29, 0.717) is 0 Å². The van der Waals surface area contributed by atoms with E-state index < -0.39 is 86.5 Å². The molecule has 0 saturated carbocycles. The van der Waals surface area contributed by atoms with Crippen molar-refractivity contribution < 1.29 is 49.6 Å². The lowest BCUT2D eigenvalue weighted by molar-refractivity contribution is 0.413. The van der Waals surface area contributed by atoms with E-state index in [1.54, 1.807) is 0 Å². The Kier molecular flexibility index (Phi) is 4.07. The Morgan fingerprint density at radius 1 is 0.385 bits per heavy atom. The van der Waals surface area contributed by atoms with E-state index in [-0.39, 0.29) is 0 Å². The zero-order valence-corrected chi connectivity index (χ0v) is 11.9. The SMILES string of the molecule is OB(O)c1c(F)c(F)c(F)c2c1c(F)c(F)c1c(F)c(F)c(F)c(F)c12. The normalized spacial score (nSPS) is 11.7. The van der Waals surface area contributed by atoms with Gasteiger partial charge in [-0.3, -0.25) is 0 Å². The molecular formula is C14H2BF9O2. The molecule has 0 heterocycles. The fraction of sp³-hybridized carbons (Fsp3) is 0. The van der Waals surface area contributed by atoms with Crippen molar-refractivity contribution in [3.05, 3.63) is 52.4 Å². The molecule has 26 heavy (non-hydrogen) atoms. The van der Waals surface area contributed by atoms with E-state index in [4.69, 9.17) is 10.0 Å². The van der Waals surface area contributed by atoms with E-state index in [2.05, 4.69) is 0 Å². The van der Waals surface area contributed by atoms with Crippen LogP contribution in [0.25, 0.3) is 21.5 Å². The van der Waals surface area contributed by atoms with Crippen molar-refractivity contribution >= 4 is 34.1 Å². The smallest absolute Gasteiger partial charge is 0.423 e. The van der Waals surface area contributed by atoms with E-state index in [0.717, 1.165) is 0 Å². The molecule has 0 spiro atoms. The van der Waals surface area contributed by atoms with Crippen LogP contribution < -0.4 is 5.46 Å². The molecule has 3 aromatic rings. The fourth-order valence-corrected chi connectivity index (χ4v) is 2.68. The monoisotopic (exact) mass is 384 g/mol. The predicted molar refractivity (Wildman–Crippen MR) is 70.9 cm³/mol. The highest BCUT2D eigenvalue weighted by Gasteiger charge is 2.35. The Morgan fingerprint density at radius 3 is 1.15 bits per heavy atom. The quantitative estimate of drug-likeness (QED) is 0.223. The van der Waals surface area contributed by atoms with E-state index in [9.17, 15) is 39.5 Å². The molecule has 0 aromatic heterocycles. The highest BCUT2D eigenvalue weighted by atomic mass is 19.2. The molecule has 0 fully saturated rings. The third-order valence-electron chi connectivity index (χ3n) is 3.77. The Hall–Kier alpha value is -2.47. The second kappa shape index (κ2) is 5.78. The molecule has 0 radical (unpaired) electrons. The first-order valence-corrected chi connectivity index (χ1v) is 6.51. The maximum atomic E-state index is 14.2. The molecule has 136 valence electrons. The van der Waals surface area contributed by atoms with Gasteiger partial charge < -0.3 is 10.0 Å². The zero-order valence-electron chi connectivity index (χ0n) is 11.9. The molecule has 2 nitrogen and oxygen atoms in total. The van der Waals surface area contributed by atoms with Crippen LogP contribution in [0.2, 0.25) is 0 Å². The summed E-state index contributed by atoms with van der Waals surface area (Å²) in [6.07, 6.45) is 0. The lowest BCUT2D eigenvalue weighted by Gasteiger charge is -2.15. The minimum Gasteiger partial charge on any atom is -0.423 e. The van der Waals surface area contributed by atoms with Gasteiger partial charge in [-0.1, -0.05) is 0 Å². The summed E-state index contributed by atoms with van der Waals surface area (Å²) in [4.78, 5) is 0. The van der Waals surface area contributed by atoms with E-state index in [1.807, 2.05) is 0 Å². The number of hydrogen-bond acceptors (Lipinski definition) is 2. The summed E-state index contributed by atoms with van der Waals surface area (Å²) in [5.41, 5.74) is -1.75. The molecule has 0 aliphatic rings. The van der Waals surface area contributed by atoms with Gasteiger partial charge in [-0.05, 0) is 0 Å². The van der Waals surface area contributed by atoms with Crippen molar-refractivity contribution in [3.8, 4) is 0 Å². The number of rotatable bonds is 1. The highest BCUT2D eigenvalue weighted by Crippen LogP contribution is 2.38. The van der Waals surface area contributed by atoms with Gasteiger partial charge in [0.15, 0.2) is 52.4 Å². The molecule has 0 bridgehead atoms. The largest absolute Gasteiger partial charge is 0.492 e. The van der Waals surface area contributed by atoms with Crippen LogP contribution in [0.15, 0.2) is 0 Å². The van der Waals surface area contributed by atoms with Crippen molar-refractivity contribution in [1.82, 2.24) is 0 Å². The zero-order chi connectivity index (χ0) is 19.7. The lowest BCUT2D eigenvalue weighted by atomic mass is 9.75. The highest BCUT2D eigenvalue weighted by molar-refractivity contribution is 6.62. The number of halogens is 9. The molecule has 0 amide bonds. The molecule has 3 aromatic carbocycles. The minimum atomic E-state index is -3.04. The molecule has 0 atom stereocenters. The standard InChI is InChI=1S/C14H2BF9O2/c16-6-1-2-4(10(20)14(24)13(23)7(2)17)9(19)8(18)3(1)5(15(25)26)11(21)12(6)22/h25-26H. The number of hydrogen-bond donors (Lipinski definition) is 2. The Balaban J connectivity index is 2.86. The second-order valence-corrected chi connectivity index (χ2v) is 5.11. The van der Waals surface area contributed by atoms with Crippen LogP contribution in [0.5, 0.6) is 0 Å². The van der Waals surface area contributed by atoms with Crippen molar-refractivity contribution in [1.29, 1.82) is 0 Å². The molecule has 0 unspecified atom stereocenters. The summed E-state index contributed by atoms with van der Waals surface area (Å²) in [7, 11) is -3.04. The summed E-state index contributed by atoms with van der Waals surface area (Å²) in [5.74, 6) is -22.0. The topological polar surface area (TPSA) is 40.5 Å². The third kappa shape index (κ3) is 2.11. The summed E-state index contributed by atoms with van der Waals surface area (Å²) in [6.45, 7) is 0. The molecule has 0 aliphatic heterocycles. The Bertz CT molecular complexity index is 1110. The fourth-order valence-electron chi connectivity index (χ4n) is 2.68. The van der Waals surface area contributed by atoms with Crippen LogP contribution in [-0.2, 0) is 0 Å². The van der Waals surface area contributed by atoms with Gasteiger partial charge in [0, 0.05) is 21.6 Å². The first-order valence-electron chi connectivity index (χ1n) is 6.51. The lowest BCUT2D eigenvalue weighted by Crippen LogP contribution is -2.35.